The van der Waals surface area contributed by atoms with Gasteiger partial charge in [-0.05, 0) is 26.0 Å². The zero-order valence-corrected chi connectivity index (χ0v) is 15.9. The molecule has 6 heteroatoms. The van der Waals surface area contributed by atoms with Crippen LogP contribution in [0.5, 0.6) is 5.75 Å². The highest BCUT2D eigenvalue weighted by Crippen LogP contribution is 2.36. The van der Waals surface area contributed by atoms with Gasteiger partial charge >= 0.3 is 6.03 Å². The Kier molecular flexibility index (Phi) is 4.44. The van der Waals surface area contributed by atoms with E-state index in [1.54, 1.807) is 11.3 Å². The van der Waals surface area contributed by atoms with Crippen molar-refractivity contribution < 1.29 is 9.53 Å². The summed E-state index contributed by atoms with van der Waals surface area (Å²) in [4.78, 5) is 18.9. The molecule has 2 aromatic rings. The van der Waals surface area contributed by atoms with Gasteiger partial charge in [-0.3, -0.25) is 0 Å². The Balaban J connectivity index is 1.36. The first-order chi connectivity index (χ1) is 12.5. The number of thiazole rings is 1. The van der Waals surface area contributed by atoms with E-state index in [0.29, 0.717) is 13.1 Å². The molecule has 1 N–H and O–H groups in total. The van der Waals surface area contributed by atoms with E-state index in [4.69, 9.17) is 4.74 Å². The predicted octanol–water partition coefficient (Wildman–Crippen LogP) is 4.16. The summed E-state index contributed by atoms with van der Waals surface area (Å²) in [5, 5.41) is 6.08. The third kappa shape index (κ3) is 3.33. The maximum absolute atomic E-state index is 12.6. The summed E-state index contributed by atoms with van der Waals surface area (Å²) in [6.45, 7) is 5.31. The lowest BCUT2D eigenvalue weighted by Gasteiger charge is -2.42. The number of hydrogen-bond acceptors (Lipinski definition) is 4. The monoisotopic (exact) mass is 369 g/mol. The van der Waals surface area contributed by atoms with Crippen LogP contribution in [0, 0.1) is 6.92 Å². The molecule has 0 saturated carbocycles. The van der Waals surface area contributed by atoms with Crippen LogP contribution in [-0.2, 0) is 0 Å². The Morgan fingerprint density at radius 3 is 2.85 bits per heavy atom. The number of benzene rings is 1. The number of nitrogens with zero attached hydrogens (tertiary/aromatic N) is 2. The highest BCUT2D eigenvalue weighted by atomic mass is 32.1. The molecule has 136 valence electrons. The van der Waals surface area contributed by atoms with Crippen molar-refractivity contribution in [2.24, 2.45) is 0 Å². The van der Waals surface area contributed by atoms with Crippen molar-refractivity contribution >= 4 is 23.4 Å². The smallest absolute Gasteiger partial charge is 0.317 e. The normalized spacial score (nSPS) is 18.9. The lowest BCUT2D eigenvalue weighted by Crippen LogP contribution is -2.52. The topological polar surface area (TPSA) is 54.5 Å². The predicted molar refractivity (Wildman–Crippen MR) is 103 cm³/mol. The van der Waals surface area contributed by atoms with Crippen LogP contribution in [0.2, 0.25) is 0 Å². The molecule has 2 aliphatic rings. The molecule has 1 saturated heterocycles. The molecule has 1 unspecified atom stereocenters. The summed E-state index contributed by atoms with van der Waals surface area (Å²) >= 11 is 1.60. The molecular formula is C20H23N3O2S. The zero-order chi connectivity index (χ0) is 18.1. The maximum Gasteiger partial charge on any atom is 0.317 e. The van der Waals surface area contributed by atoms with Crippen LogP contribution in [0.1, 0.15) is 42.1 Å². The summed E-state index contributed by atoms with van der Waals surface area (Å²) < 4.78 is 6.29. The summed E-state index contributed by atoms with van der Waals surface area (Å²) in [7, 11) is 0. The van der Waals surface area contributed by atoms with E-state index in [1.165, 1.54) is 0 Å². The van der Waals surface area contributed by atoms with E-state index in [1.807, 2.05) is 42.3 Å². The number of amides is 2. The van der Waals surface area contributed by atoms with Gasteiger partial charge < -0.3 is 15.0 Å². The molecule has 1 aromatic carbocycles. The van der Waals surface area contributed by atoms with Crippen LogP contribution in [-0.4, -0.2) is 34.6 Å². The second kappa shape index (κ2) is 6.76. The van der Waals surface area contributed by atoms with E-state index in [-0.39, 0.29) is 17.7 Å². The molecule has 3 heterocycles. The number of urea groups is 1. The third-order valence-corrected chi connectivity index (χ3v) is 5.91. The number of para-hydroxylation sites is 1. The van der Waals surface area contributed by atoms with E-state index < -0.39 is 0 Å². The summed E-state index contributed by atoms with van der Waals surface area (Å²) in [5.74, 6) is 0.931. The van der Waals surface area contributed by atoms with Gasteiger partial charge in [-0.25, -0.2) is 9.78 Å². The average Bonchev–Trinajstić information content (AvgIpc) is 3.09. The van der Waals surface area contributed by atoms with Gasteiger partial charge in [-0.15, -0.1) is 11.3 Å². The molecular weight excluding hydrogens is 346 g/mol. The number of aromatic nitrogens is 1. The van der Waals surface area contributed by atoms with Gasteiger partial charge in [-0.2, -0.15) is 0 Å². The molecule has 1 atom stereocenters. The van der Waals surface area contributed by atoms with Crippen LogP contribution in [0.15, 0.2) is 35.7 Å². The SMILES string of the molecule is Cc1nc(C(C)NC(=O)N2CCC3(C=Cc4ccccc4O3)CC2)cs1. The molecule has 1 spiro atoms. The molecule has 0 bridgehead atoms. The molecule has 2 aliphatic heterocycles. The first kappa shape index (κ1) is 17.1. The number of likely N-dealkylation sites (tertiary alicyclic amines) is 1. The Hall–Kier alpha value is -2.34. The van der Waals surface area contributed by atoms with Crippen molar-refractivity contribution in [3.05, 3.63) is 52.0 Å². The van der Waals surface area contributed by atoms with Crippen LogP contribution in [0.4, 0.5) is 4.79 Å². The fraction of sp³-hybridized carbons (Fsp3) is 0.400. The van der Waals surface area contributed by atoms with Crippen molar-refractivity contribution in [2.75, 3.05) is 13.1 Å². The molecule has 26 heavy (non-hydrogen) atoms. The first-order valence-electron chi connectivity index (χ1n) is 8.99. The highest BCUT2D eigenvalue weighted by molar-refractivity contribution is 7.09. The second-order valence-electron chi connectivity index (χ2n) is 6.99. The first-order valence-corrected chi connectivity index (χ1v) is 9.87. The van der Waals surface area contributed by atoms with Crippen molar-refractivity contribution in [1.29, 1.82) is 0 Å². The van der Waals surface area contributed by atoms with Crippen molar-refractivity contribution in [3.8, 4) is 5.75 Å². The lowest BCUT2D eigenvalue weighted by molar-refractivity contribution is 0.0494. The molecule has 4 rings (SSSR count). The minimum Gasteiger partial charge on any atom is -0.482 e. The fourth-order valence-corrected chi connectivity index (χ4v) is 4.20. The number of carbonyl (C=O) groups is 1. The van der Waals surface area contributed by atoms with E-state index in [9.17, 15) is 4.79 Å². The van der Waals surface area contributed by atoms with Gasteiger partial charge in [0.05, 0.1) is 16.7 Å². The molecule has 0 radical (unpaired) electrons. The van der Waals surface area contributed by atoms with Crippen LogP contribution in [0.3, 0.4) is 0 Å². The second-order valence-corrected chi connectivity index (χ2v) is 8.05. The standard InChI is InChI=1S/C20H23N3O2S/c1-14(17-13-26-15(2)22-17)21-19(24)23-11-9-20(10-12-23)8-7-16-5-3-4-6-18(16)25-20/h3-8,13-14H,9-12H2,1-2H3,(H,21,24). The van der Waals surface area contributed by atoms with E-state index in [0.717, 1.165) is 34.9 Å². The Morgan fingerprint density at radius 2 is 2.12 bits per heavy atom. The van der Waals surface area contributed by atoms with Crippen molar-refractivity contribution in [3.63, 3.8) is 0 Å². The highest BCUT2D eigenvalue weighted by Gasteiger charge is 2.38. The van der Waals surface area contributed by atoms with Gasteiger partial charge in [-0.1, -0.05) is 24.3 Å². The van der Waals surface area contributed by atoms with Gasteiger partial charge in [0, 0.05) is 36.9 Å². The van der Waals surface area contributed by atoms with Gasteiger partial charge in [0.15, 0.2) is 0 Å². The average molecular weight is 369 g/mol. The summed E-state index contributed by atoms with van der Waals surface area (Å²) in [5.41, 5.74) is 1.75. The molecule has 0 aliphatic carbocycles. The number of carbonyl (C=O) groups excluding carboxylic acids is 1. The third-order valence-electron chi connectivity index (χ3n) is 5.12. The van der Waals surface area contributed by atoms with Gasteiger partial charge in [0.2, 0.25) is 0 Å². The van der Waals surface area contributed by atoms with E-state index in [2.05, 4.69) is 28.5 Å². The zero-order valence-electron chi connectivity index (χ0n) is 15.1. The number of rotatable bonds is 2. The summed E-state index contributed by atoms with van der Waals surface area (Å²) in [6, 6.07) is 7.97. The largest absolute Gasteiger partial charge is 0.482 e. The van der Waals surface area contributed by atoms with E-state index >= 15 is 0 Å². The minimum atomic E-state index is -0.289. The Morgan fingerprint density at radius 1 is 1.35 bits per heavy atom. The van der Waals surface area contributed by atoms with Crippen molar-refractivity contribution in [2.45, 2.75) is 38.3 Å². The number of aryl methyl sites for hydroxylation is 1. The number of piperidine rings is 1. The number of fused-ring (bicyclic) bond motifs is 1. The number of nitrogens with one attached hydrogen (secondary N) is 1. The number of hydrogen-bond donors (Lipinski definition) is 1. The van der Waals surface area contributed by atoms with Gasteiger partial charge in [0.1, 0.15) is 11.4 Å². The fourth-order valence-electron chi connectivity index (χ4n) is 3.49. The van der Waals surface area contributed by atoms with Crippen LogP contribution >= 0.6 is 11.3 Å². The summed E-state index contributed by atoms with van der Waals surface area (Å²) in [6.07, 6.45) is 5.90. The number of ether oxygens (including phenoxy) is 1. The quantitative estimate of drug-likeness (QED) is 0.865. The maximum atomic E-state index is 12.6. The molecule has 1 fully saturated rings. The minimum absolute atomic E-state index is 0.0295. The van der Waals surface area contributed by atoms with Crippen molar-refractivity contribution in [1.82, 2.24) is 15.2 Å². The molecule has 5 nitrogen and oxygen atoms in total. The Bertz CT molecular complexity index is 837. The van der Waals surface area contributed by atoms with Gasteiger partial charge in [0.25, 0.3) is 0 Å². The lowest BCUT2D eigenvalue weighted by atomic mass is 9.88. The van der Waals surface area contributed by atoms with Crippen LogP contribution < -0.4 is 10.1 Å². The molecule has 1 aromatic heterocycles. The molecule has 2 amide bonds. The van der Waals surface area contributed by atoms with Crippen LogP contribution in [0.25, 0.3) is 6.08 Å². The Labute approximate surface area is 157 Å².